The van der Waals surface area contributed by atoms with E-state index in [4.69, 9.17) is 0 Å². The highest BCUT2D eigenvalue weighted by Crippen LogP contribution is 2.42. The van der Waals surface area contributed by atoms with Gasteiger partial charge in [-0.05, 0) is 25.8 Å². The van der Waals surface area contributed by atoms with Crippen LogP contribution in [0.5, 0.6) is 0 Å². The minimum absolute atomic E-state index is 0.174. The highest BCUT2D eigenvalue weighted by Gasteiger charge is 2.31. The molecule has 1 aromatic heterocycles. The van der Waals surface area contributed by atoms with Crippen LogP contribution >= 0.6 is 0 Å². The third kappa shape index (κ3) is 1.52. The molecule has 1 aliphatic carbocycles. The van der Waals surface area contributed by atoms with E-state index in [9.17, 15) is 10.1 Å². The van der Waals surface area contributed by atoms with Crippen molar-refractivity contribution in [2.24, 2.45) is 0 Å². The lowest BCUT2D eigenvalue weighted by Crippen LogP contribution is -1.98. The minimum Gasteiger partial charge on any atom is -0.258 e. The normalized spacial score (nSPS) is 15.8. The first kappa shape index (κ1) is 8.16. The molecular weight excluding hydrogens is 168 g/mol. The number of nitro groups is 1. The van der Waals surface area contributed by atoms with Crippen molar-refractivity contribution in [3.8, 4) is 0 Å². The standard InChI is InChI=1S/C9H10N2O2/c1-6-2-5-8(11(12)13)9(10-6)7-3-4-7/h2,5,7H,3-4H2,1H3. The molecule has 0 N–H and O–H groups in total. The van der Waals surface area contributed by atoms with Gasteiger partial charge in [-0.2, -0.15) is 0 Å². The first-order valence-corrected chi connectivity index (χ1v) is 4.30. The summed E-state index contributed by atoms with van der Waals surface area (Å²) in [4.78, 5) is 14.5. The average molecular weight is 178 g/mol. The molecule has 0 spiro atoms. The zero-order chi connectivity index (χ0) is 9.42. The Kier molecular flexibility index (Phi) is 1.76. The molecule has 0 amide bonds. The molecule has 0 aliphatic heterocycles. The van der Waals surface area contributed by atoms with Gasteiger partial charge >= 0.3 is 0 Å². The maximum absolute atomic E-state index is 10.6. The van der Waals surface area contributed by atoms with Gasteiger partial charge in [-0.15, -0.1) is 0 Å². The van der Waals surface area contributed by atoms with Crippen molar-refractivity contribution in [1.82, 2.24) is 4.98 Å². The van der Waals surface area contributed by atoms with Gasteiger partial charge in [0.1, 0.15) is 5.69 Å². The Bertz CT molecular complexity index is 359. The minimum atomic E-state index is -0.347. The van der Waals surface area contributed by atoms with Gasteiger partial charge in [-0.25, -0.2) is 0 Å². The summed E-state index contributed by atoms with van der Waals surface area (Å²) in [6.45, 7) is 1.86. The Morgan fingerprint density at radius 2 is 2.23 bits per heavy atom. The number of aryl methyl sites for hydroxylation is 1. The van der Waals surface area contributed by atoms with Crippen LogP contribution in [0.2, 0.25) is 0 Å². The van der Waals surface area contributed by atoms with Gasteiger partial charge in [0.25, 0.3) is 5.69 Å². The second-order valence-electron chi connectivity index (χ2n) is 3.39. The molecule has 4 nitrogen and oxygen atoms in total. The predicted molar refractivity (Wildman–Crippen MR) is 47.6 cm³/mol. The topological polar surface area (TPSA) is 56.0 Å². The third-order valence-corrected chi connectivity index (χ3v) is 2.20. The molecule has 1 saturated carbocycles. The summed E-state index contributed by atoms with van der Waals surface area (Å²) in [5, 5.41) is 10.6. The van der Waals surface area contributed by atoms with E-state index in [1.54, 1.807) is 12.1 Å². The van der Waals surface area contributed by atoms with Crippen LogP contribution < -0.4 is 0 Å². The van der Waals surface area contributed by atoms with Crippen LogP contribution in [0.4, 0.5) is 5.69 Å². The molecule has 1 heterocycles. The molecule has 0 atom stereocenters. The van der Waals surface area contributed by atoms with Crippen molar-refractivity contribution in [2.75, 3.05) is 0 Å². The molecule has 68 valence electrons. The summed E-state index contributed by atoms with van der Waals surface area (Å²) in [5.74, 6) is 0.334. The summed E-state index contributed by atoms with van der Waals surface area (Å²) < 4.78 is 0. The molecular formula is C9H10N2O2. The Hall–Kier alpha value is -1.45. The number of rotatable bonds is 2. The second kappa shape index (κ2) is 2.80. The number of hydrogen-bond donors (Lipinski definition) is 0. The van der Waals surface area contributed by atoms with E-state index in [1.165, 1.54) is 0 Å². The van der Waals surface area contributed by atoms with Gasteiger partial charge in [0, 0.05) is 17.7 Å². The number of hydrogen-bond acceptors (Lipinski definition) is 3. The molecule has 1 aromatic rings. The van der Waals surface area contributed by atoms with Crippen molar-refractivity contribution in [2.45, 2.75) is 25.7 Å². The lowest BCUT2D eigenvalue weighted by atomic mass is 10.2. The predicted octanol–water partition coefficient (Wildman–Crippen LogP) is 2.18. The van der Waals surface area contributed by atoms with Gasteiger partial charge in [-0.1, -0.05) is 0 Å². The van der Waals surface area contributed by atoms with Crippen LogP contribution in [0, 0.1) is 17.0 Å². The molecule has 0 aromatic carbocycles. The van der Waals surface area contributed by atoms with E-state index in [1.807, 2.05) is 6.92 Å². The van der Waals surface area contributed by atoms with E-state index in [0.29, 0.717) is 11.6 Å². The Morgan fingerprint density at radius 3 is 2.77 bits per heavy atom. The fraction of sp³-hybridized carbons (Fsp3) is 0.444. The SMILES string of the molecule is Cc1ccc([N+](=O)[O-])c(C2CC2)n1. The van der Waals surface area contributed by atoms with E-state index in [0.717, 1.165) is 18.5 Å². The van der Waals surface area contributed by atoms with Crippen LogP contribution in [-0.2, 0) is 0 Å². The van der Waals surface area contributed by atoms with Crippen LogP contribution in [-0.4, -0.2) is 9.91 Å². The molecule has 1 fully saturated rings. The van der Waals surface area contributed by atoms with Crippen molar-refractivity contribution in [3.63, 3.8) is 0 Å². The molecule has 0 saturated heterocycles. The molecule has 4 heteroatoms. The van der Waals surface area contributed by atoms with Crippen LogP contribution in [0.3, 0.4) is 0 Å². The van der Waals surface area contributed by atoms with Gasteiger partial charge in [-0.3, -0.25) is 15.1 Å². The van der Waals surface area contributed by atoms with Crippen molar-refractivity contribution in [1.29, 1.82) is 0 Å². The van der Waals surface area contributed by atoms with Gasteiger partial charge in [0.05, 0.1) is 4.92 Å². The summed E-state index contributed by atoms with van der Waals surface area (Å²) in [7, 11) is 0. The van der Waals surface area contributed by atoms with E-state index in [-0.39, 0.29) is 10.6 Å². The van der Waals surface area contributed by atoms with Crippen LogP contribution in [0.15, 0.2) is 12.1 Å². The maximum atomic E-state index is 10.6. The first-order chi connectivity index (χ1) is 6.18. The molecule has 0 radical (unpaired) electrons. The van der Waals surface area contributed by atoms with Gasteiger partial charge in [0.15, 0.2) is 0 Å². The second-order valence-corrected chi connectivity index (χ2v) is 3.39. The van der Waals surface area contributed by atoms with E-state index < -0.39 is 0 Å². The van der Waals surface area contributed by atoms with Crippen LogP contribution in [0.25, 0.3) is 0 Å². The molecule has 2 rings (SSSR count). The van der Waals surface area contributed by atoms with Crippen molar-refractivity contribution >= 4 is 5.69 Å². The third-order valence-electron chi connectivity index (χ3n) is 2.20. The lowest BCUT2D eigenvalue weighted by molar-refractivity contribution is -0.386. The lowest BCUT2D eigenvalue weighted by Gasteiger charge is -2.00. The highest BCUT2D eigenvalue weighted by molar-refractivity contribution is 5.40. The van der Waals surface area contributed by atoms with Gasteiger partial charge < -0.3 is 0 Å². The summed E-state index contributed by atoms with van der Waals surface area (Å²) in [5.41, 5.74) is 1.70. The largest absolute Gasteiger partial charge is 0.291 e. The maximum Gasteiger partial charge on any atom is 0.291 e. The number of pyridine rings is 1. The quantitative estimate of drug-likeness (QED) is 0.515. The monoisotopic (exact) mass is 178 g/mol. The van der Waals surface area contributed by atoms with Gasteiger partial charge in [0.2, 0.25) is 0 Å². The molecule has 0 unspecified atom stereocenters. The van der Waals surface area contributed by atoms with Crippen molar-refractivity contribution < 1.29 is 4.92 Å². The van der Waals surface area contributed by atoms with E-state index in [2.05, 4.69) is 4.98 Å². The number of nitrogens with zero attached hydrogens (tertiary/aromatic N) is 2. The van der Waals surface area contributed by atoms with Crippen molar-refractivity contribution in [3.05, 3.63) is 33.6 Å². The summed E-state index contributed by atoms with van der Waals surface area (Å²) >= 11 is 0. The Balaban J connectivity index is 2.47. The zero-order valence-electron chi connectivity index (χ0n) is 7.36. The van der Waals surface area contributed by atoms with Crippen LogP contribution in [0.1, 0.15) is 30.1 Å². The summed E-state index contributed by atoms with van der Waals surface area (Å²) in [6, 6.07) is 3.24. The summed E-state index contributed by atoms with van der Waals surface area (Å²) in [6.07, 6.45) is 2.08. The van der Waals surface area contributed by atoms with E-state index >= 15 is 0 Å². The first-order valence-electron chi connectivity index (χ1n) is 4.30. The zero-order valence-corrected chi connectivity index (χ0v) is 7.36. The fourth-order valence-electron chi connectivity index (χ4n) is 1.38. The smallest absolute Gasteiger partial charge is 0.258 e. The molecule has 0 bridgehead atoms. The average Bonchev–Trinajstić information content (AvgIpc) is 2.85. The molecule has 1 aliphatic rings. The molecule has 13 heavy (non-hydrogen) atoms. The Labute approximate surface area is 75.8 Å². The Morgan fingerprint density at radius 1 is 1.54 bits per heavy atom. The fourth-order valence-corrected chi connectivity index (χ4v) is 1.38. The highest BCUT2D eigenvalue weighted by atomic mass is 16.6. The number of aromatic nitrogens is 1.